The number of ether oxygens (including phenoxy) is 6. The lowest BCUT2D eigenvalue weighted by molar-refractivity contribution is 0.0431. The first-order chi connectivity index (χ1) is 14.4. The number of allylic oxidation sites excluding steroid dienone is 1. The quantitative estimate of drug-likeness (QED) is 0.618. The number of hydrogen-bond acceptors (Lipinski definition) is 7. The van der Waals surface area contributed by atoms with Crippen LogP contribution in [-0.2, 0) is 0 Å². The van der Waals surface area contributed by atoms with Crippen molar-refractivity contribution in [3.63, 3.8) is 0 Å². The van der Waals surface area contributed by atoms with Crippen molar-refractivity contribution in [1.29, 1.82) is 0 Å². The van der Waals surface area contributed by atoms with E-state index in [-0.39, 0.29) is 0 Å². The Balaban J connectivity index is 2.39. The summed E-state index contributed by atoms with van der Waals surface area (Å²) >= 11 is 0. The number of methoxy groups -OCH3 is 5. The van der Waals surface area contributed by atoms with Crippen LogP contribution in [0.15, 0.2) is 30.3 Å². The summed E-state index contributed by atoms with van der Waals surface area (Å²) in [6.07, 6.45) is 2.24. The van der Waals surface area contributed by atoms with Crippen molar-refractivity contribution in [3.8, 4) is 34.5 Å². The molecule has 2 atom stereocenters. The van der Waals surface area contributed by atoms with Crippen LogP contribution in [0.4, 0.5) is 0 Å². The molecule has 0 aliphatic heterocycles. The van der Waals surface area contributed by atoms with Gasteiger partial charge in [-0.1, -0.05) is 12.2 Å². The molecular weight excluding hydrogens is 388 g/mol. The maximum atomic E-state index is 11.0. The molecule has 0 fully saturated rings. The van der Waals surface area contributed by atoms with Crippen molar-refractivity contribution >= 4 is 6.08 Å². The average Bonchev–Trinajstić information content (AvgIpc) is 2.77. The van der Waals surface area contributed by atoms with Crippen molar-refractivity contribution < 1.29 is 33.5 Å². The topological polar surface area (TPSA) is 75.6 Å². The van der Waals surface area contributed by atoms with Gasteiger partial charge in [0.2, 0.25) is 11.5 Å². The largest absolute Gasteiger partial charge is 0.493 e. The molecule has 0 aliphatic carbocycles. The lowest BCUT2D eigenvalue weighted by Gasteiger charge is -2.24. The molecule has 1 N–H and O–H groups in total. The summed E-state index contributed by atoms with van der Waals surface area (Å²) < 4.78 is 33.1. The van der Waals surface area contributed by atoms with Gasteiger partial charge in [-0.15, -0.1) is 0 Å². The fraction of sp³-hybridized carbons (Fsp3) is 0.391. The smallest absolute Gasteiger partial charge is 0.203 e. The third-order valence-electron chi connectivity index (χ3n) is 4.62. The molecule has 0 aliphatic rings. The fourth-order valence-corrected chi connectivity index (χ4v) is 3.10. The SMILES string of the molecule is C/C=C\c1cc(OC)c(OC(C)C(O)c2cc(OC)c(OC)c(OC)c2)c(OC)c1. The van der Waals surface area contributed by atoms with E-state index >= 15 is 0 Å². The highest BCUT2D eigenvalue weighted by molar-refractivity contribution is 5.62. The first-order valence-corrected chi connectivity index (χ1v) is 9.47. The molecule has 0 heterocycles. The number of aliphatic hydroxyl groups is 1. The summed E-state index contributed by atoms with van der Waals surface area (Å²) in [5.41, 5.74) is 1.47. The molecule has 0 aromatic heterocycles. The summed E-state index contributed by atoms with van der Waals surface area (Å²) in [5, 5.41) is 11.0. The summed E-state index contributed by atoms with van der Waals surface area (Å²) in [4.78, 5) is 0. The van der Waals surface area contributed by atoms with Crippen molar-refractivity contribution in [3.05, 3.63) is 41.5 Å². The third kappa shape index (κ3) is 4.91. The van der Waals surface area contributed by atoms with E-state index in [1.165, 1.54) is 21.3 Å². The van der Waals surface area contributed by atoms with E-state index in [4.69, 9.17) is 28.4 Å². The molecule has 0 saturated heterocycles. The number of aliphatic hydroxyl groups excluding tert-OH is 1. The zero-order valence-corrected chi connectivity index (χ0v) is 18.5. The van der Waals surface area contributed by atoms with Gasteiger partial charge in [-0.3, -0.25) is 0 Å². The van der Waals surface area contributed by atoms with E-state index in [0.29, 0.717) is 40.1 Å². The van der Waals surface area contributed by atoms with Crippen LogP contribution in [-0.4, -0.2) is 46.8 Å². The second-order valence-electron chi connectivity index (χ2n) is 6.48. The highest BCUT2D eigenvalue weighted by Gasteiger charge is 2.25. The molecule has 7 nitrogen and oxygen atoms in total. The zero-order valence-electron chi connectivity index (χ0n) is 18.5. The monoisotopic (exact) mass is 418 g/mol. The maximum absolute atomic E-state index is 11.0. The Labute approximate surface area is 177 Å². The zero-order chi connectivity index (χ0) is 22.3. The third-order valence-corrected chi connectivity index (χ3v) is 4.62. The van der Waals surface area contributed by atoms with Crippen LogP contribution in [0.2, 0.25) is 0 Å². The molecule has 0 spiro atoms. The summed E-state index contributed by atoms with van der Waals surface area (Å²) in [6.45, 7) is 3.69. The average molecular weight is 418 g/mol. The lowest BCUT2D eigenvalue weighted by Crippen LogP contribution is -2.22. The molecule has 7 heteroatoms. The van der Waals surface area contributed by atoms with Gasteiger partial charge in [0.15, 0.2) is 23.0 Å². The van der Waals surface area contributed by atoms with E-state index in [1.54, 1.807) is 33.3 Å². The molecule has 0 saturated carbocycles. The highest BCUT2D eigenvalue weighted by Crippen LogP contribution is 2.43. The Bertz CT molecular complexity index is 826. The molecule has 0 bridgehead atoms. The molecular formula is C23H30O7. The van der Waals surface area contributed by atoms with Crippen LogP contribution in [0.25, 0.3) is 6.08 Å². The standard InChI is InChI=1S/C23H30O7/c1-8-9-15-10-17(25-3)23(18(11-15)26-4)30-14(2)21(24)16-12-19(27-5)22(29-7)20(13-16)28-6/h8-14,21,24H,1-7H3/b9-8-. The lowest BCUT2D eigenvalue weighted by atomic mass is 10.0. The molecule has 164 valence electrons. The van der Waals surface area contributed by atoms with Gasteiger partial charge in [0.25, 0.3) is 0 Å². The number of hydrogen-bond donors (Lipinski definition) is 1. The van der Waals surface area contributed by atoms with Gasteiger partial charge < -0.3 is 33.5 Å². The minimum absolute atomic E-state index is 0.409. The van der Waals surface area contributed by atoms with Gasteiger partial charge in [-0.05, 0) is 49.2 Å². The van der Waals surface area contributed by atoms with Crippen LogP contribution in [0.5, 0.6) is 34.5 Å². The van der Waals surface area contributed by atoms with Crippen LogP contribution < -0.4 is 28.4 Å². The molecule has 0 radical (unpaired) electrons. The number of benzene rings is 2. The second-order valence-corrected chi connectivity index (χ2v) is 6.48. The van der Waals surface area contributed by atoms with Gasteiger partial charge in [-0.25, -0.2) is 0 Å². The van der Waals surface area contributed by atoms with E-state index in [1.807, 2.05) is 31.2 Å². The molecule has 2 rings (SSSR count). The van der Waals surface area contributed by atoms with Crippen molar-refractivity contribution in [2.75, 3.05) is 35.5 Å². The summed E-state index contributed by atoms with van der Waals surface area (Å²) in [5.74, 6) is 2.77. The molecule has 30 heavy (non-hydrogen) atoms. The van der Waals surface area contributed by atoms with Gasteiger partial charge in [0.05, 0.1) is 35.5 Å². The number of rotatable bonds is 10. The molecule has 0 amide bonds. The van der Waals surface area contributed by atoms with Gasteiger partial charge >= 0.3 is 0 Å². The normalized spacial score (nSPS) is 12.9. The van der Waals surface area contributed by atoms with Gasteiger partial charge in [0.1, 0.15) is 12.2 Å². The Kier molecular flexibility index (Phi) is 8.24. The van der Waals surface area contributed by atoms with Crippen LogP contribution >= 0.6 is 0 Å². The van der Waals surface area contributed by atoms with E-state index in [0.717, 1.165) is 5.56 Å². The molecule has 2 aromatic rings. The predicted octanol–water partition coefficient (Wildman–Crippen LogP) is 4.26. The van der Waals surface area contributed by atoms with Crippen LogP contribution in [0.3, 0.4) is 0 Å². The fourth-order valence-electron chi connectivity index (χ4n) is 3.10. The summed E-state index contributed by atoms with van der Waals surface area (Å²) in [6, 6.07) is 7.07. The second kappa shape index (κ2) is 10.6. The highest BCUT2D eigenvalue weighted by atomic mass is 16.6. The molecule has 2 unspecified atom stereocenters. The van der Waals surface area contributed by atoms with Gasteiger partial charge in [0, 0.05) is 0 Å². The van der Waals surface area contributed by atoms with Crippen molar-refractivity contribution in [2.24, 2.45) is 0 Å². The first-order valence-electron chi connectivity index (χ1n) is 9.47. The predicted molar refractivity (Wildman–Crippen MR) is 115 cm³/mol. The van der Waals surface area contributed by atoms with E-state index in [2.05, 4.69) is 0 Å². The Morgan fingerprint density at radius 3 is 1.60 bits per heavy atom. The van der Waals surface area contributed by atoms with Crippen LogP contribution in [0, 0.1) is 0 Å². The van der Waals surface area contributed by atoms with Crippen molar-refractivity contribution in [1.82, 2.24) is 0 Å². The van der Waals surface area contributed by atoms with Gasteiger partial charge in [-0.2, -0.15) is 0 Å². The van der Waals surface area contributed by atoms with E-state index < -0.39 is 12.2 Å². The van der Waals surface area contributed by atoms with E-state index in [9.17, 15) is 5.11 Å². The maximum Gasteiger partial charge on any atom is 0.203 e. The Morgan fingerprint density at radius 2 is 1.20 bits per heavy atom. The minimum Gasteiger partial charge on any atom is -0.493 e. The Morgan fingerprint density at radius 1 is 0.733 bits per heavy atom. The summed E-state index contributed by atoms with van der Waals surface area (Å²) in [7, 11) is 7.69. The van der Waals surface area contributed by atoms with Crippen LogP contribution in [0.1, 0.15) is 31.1 Å². The molecule has 2 aromatic carbocycles. The van der Waals surface area contributed by atoms with Crippen molar-refractivity contribution in [2.45, 2.75) is 26.1 Å². The first kappa shape index (κ1) is 23.2. The Hall–Kier alpha value is -3.06. The minimum atomic E-state index is -0.983.